The van der Waals surface area contributed by atoms with Crippen molar-refractivity contribution in [1.29, 1.82) is 0 Å². The summed E-state index contributed by atoms with van der Waals surface area (Å²) in [5, 5.41) is 0. The maximum atomic E-state index is 5.41. The number of hydrogen-bond acceptors (Lipinski definition) is 5. The first-order valence-corrected chi connectivity index (χ1v) is 9.08. The van der Waals surface area contributed by atoms with Crippen molar-refractivity contribution in [1.82, 2.24) is 24.4 Å². The van der Waals surface area contributed by atoms with Crippen LogP contribution in [0.2, 0.25) is 0 Å². The van der Waals surface area contributed by atoms with E-state index in [0.29, 0.717) is 0 Å². The fourth-order valence-corrected chi connectivity index (χ4v) is 3.17. The van der Waals surface area contributed by atoms with Crippen molar-refractivity contribution < 1.29 is 4.74 Å². The predicted molar refractivity (Wildman–Crippen MR) is 100 cm³/mol. The van der Waals surface area contributed by atoms with Crippen LogP contribution in [0.3, 0.4) is 0 Å². The third-order valence-corrected chi connectivity index (χ3v) is 4.62. The summed E-state index contributed by atoms with van der Waals surface area (Å²) in [6.45, 7) is 6.68. The molecule has 1 aliphatic heterocycles. The molecule has 2 aromatic heterocycles. The molecule has 1 fully saturated rings. The van der Waals surface area contributed by atoms with Crippen molar-refractivity contribution in [3.05, 3.63) is 60.3 Å². The highest BCUT2D eigenvalue weighted by molar-refractivity contribution is 5.54. The van der Waals surface area contributed by atoms with Gasteiger partial charge in [0.1, 0.15) is 11.5 Å². The molecule has 1 aliphatic rings. The molecule has 4 rings (SSSR count). The topological polar surface area (TPSA) is 56.1 Å². The van der Waals surface area contributed by atoms with Crippen LogP contribution in [0.4, 0.5) is 0 Å². The van der Waals surface area contributed by atoms with Gasteiger partial charge in [-0.15, -0.1) is 0 Å². The number of nitrogens with zero attached hydrogens (tertiary/aromatic N) is 5. The second-order valence-corrected chi connectivity index (χ2v) is 6.39. The molecule has 0 N–H and O–H groups in total. The normalized spacial score (nSPS) is 15.3. The Morgan fingerprint density at radius 1 is 1.00 bits per heavy atom. The molecule has 0 radical (unpaired) electrons. The van der Waals surface area contributed by atoms with E-state index in [9.17, 15) is 0 Å². The first-order chi connectivity index (χ1) is 12.8. The van der Waals surface area contributed by atoms with Crippen LogP contribution in [0.25, 0.3) is 17.2 Å². The second kappa shape index (κ2) is 7.76. The molecule has 0 atom stereocenters. The average Bonchev–Trinajstić information content (AvgIpc) is 3.19. The molecule has 1 saturated heterocycles. The van der Waals surface area contributed by atoms with Crippen LogP contribution in [0, 0.1) is 0 Å². The van der Waals surface area contributed by atoms with Crippen LogP contribution in [-0.4, -0.2) is 50.7 Å². The molecule has 3 heterocycles. The van der Waals surface area contributed by atoms with E-state index < -0.39 is 0 Å². The number of rotatable bonds is 5. The molecule has 0 aliphatic carbocycles. The zero-order valence-electron chi connectivity index (χ0n) is 15.0. The van der Waals surface area contributed by atoms with Crippen LogP contribution < -0.4 is 0 Å². The van der Waals surface area contributed by atoms with Crippen molar-refractivity contribution in [3.63, 3.8) is 0 Å². The Morgan fingerprint density at radius 2 is 1.81 bits per heavy atom. The molecule has 134 valence electrons. The van der Waals surface area contributed by atoms with Crippen molar-refractivity contribution in [2.45, 2.75) is 19.9 Å². The standard InChI is InChI=1S/C20H23N5O/c1-2-19-21-8-7-18(23-19)20-22-9-10-25(20)17-5-3-16(4-6-17)15-24-11-13-26-14-12-24/h3-10H,2,11-15H2,1H3. The minimum absolute atomic E-state index is 0.810. The van der Waals surface area contributed by atoms with Crippen LogP contribution in [-0.2, 0) is 17.7 Å². The third-order valence-electron chi connectivity index (χ3n) is 4.62. The zero-order valence-corrected chi connectivity index (χ0v) is 15.0. The van der Waals surface area contributed by atoms with Gasteiger partial charge in [0.05, 0.1) is 13.2 Å². The molecule has 0 unspecified atom stereocenters. The fourth-order valence-electron chi connectivity index (χ4n) is 3.17. The van der Waals surface area contributed by atoms with Gasteiger partial charge >= 0.3 is 0 Å². The zero-order chi connectivity index (χ0) is 17.8. The van der Waals surface area contributed by atoms with Gasteiger partial charge in [0.15, 0.2) is 5.82 Å². The maximum Gasteiger partial charge on any atom is 0.163 e. The van der Waals surface area contributed by atoms with Crippen molar-refractivity contribution in [2.24, 2.45) is 0 Å². The maximum absolute atomic E-state index is 5.41. The number of morpholine rings is 1. The summed E-state index contributed by atoms with van der Waals surface area (Å²) < 4.78 is 7.48. The molecule has 6 nitrogen and oxygen atoms in total. The Kier molecular flexibility index (Phi) is 5.04. The van der Waals surface area contributed by atoms with Gasteiger partial charge in [-0.1, -0.05) is 19.1 Å². The fraction of sp³-hybridized carbons (Fsp3) is 0.350. The summed E-state index contributed by atoms with van der Waals surface area (Å²) in [7, 11) is 0. The molecule has 0 amide bonds. The molecule has 26 heavy (non-hydrogen) atoms. The van der Waals surface area contributed by atoms with Crippen molar-refractivity contribution >= 4 is 0 Å². The largest absolute Gasteiger partial charge is 0.379 e. The number of hydrogen-bond donors (Lipinski definition) is 0. The Morgan fingerprint density at radius 3 is 2.58 bits per heavy atom. The lowest BCUT2D eigenvalue weighted by Crippen LogP contribution is -2.35. The second-order valence-electron chi connectivity index (χ2n) is 6.39. The number of aromatic nitrogens is 4. The smallest absolute Gasteiger partial charge is 0.163 e. The van der Waals surface area contributed by atoms with Crippen LogP contribution in [0.15, 0.2) is 48.9 Å². The average molecular weight is 349 g/mol. The van der Waals surface area contributed by atoms with Gasteiger partial charge in [0.25, 0.3) is 0 Å². The minimum Gasteiger partial charge on any atom is -0.379 e. The monoisotopic (exact) mass is 349 g/mol. The van der Waals surface area contributed by atoms with Gasteiger partial charge in [-0.2, -0.15) is 0 Å². The summed E-state index contributed by atoms with van der Waals surface area (Å²) >= 11 is 0. The molecule has 0 bridgehead atoms. The molecule has 0 spiro atoms. The molecule has 3 aromatic rings. The number of aryl methyl sites for hydroxylation is 1. The summed E-state index contributed by atoms with van der Waals surface area (Å²) in [6.07, 6.45) is 6.39. The summed E-state index contributed by atoms with van der Waals surface area (Å²) in [6, 6.07) is 10.6. The van der Waals surface area contributed by atoms with E-state index in [1.54, 1.807) is 6.20 Å². The molecular formula is C20H23N5O. The SMILES string of the molecule is CCc1nccc(-c2nccn2-c2ccc(CN3CCOCC3)cc2)n1. The van der Waals surface area contributed by atoms with Gasteiger partial charge in [-0.05, 0) is 23.8 Å². The number of imidazole rings is 1. The van der Waals surface area contributed by atoms with E-state index in [0.717, 1.165) is 62.3 Å². The third kappa shape index (κ3) is 3.66. The Labute approximate surface area is 153 Å². The molecule has 1 aromatic carbocycles. The van der Waals surface area contributed by atoms with E-state index in [1.165, 1.54) is 5.56 Å². The van der Waals surface area contributed by atoms with Gasteiger partial charge < -0.3 is 4.74 Å². The Hall–Kier alpha value is -2.57. The minimum atomic E-state index is 0.810. The lowest BCUT2D eigenvalue weighted by atomic mass is 10.2. The first kappa shape index (κ1) is 16.9. The molecule has 0 saturated carbocycles. The highest BCUT2D eigenvalue weighted by atomic mass is 16.5. The number of benzene rings is 1. The van der Waals surface area contributed by atoms with E-state index in [2.05, 4.69) is 55.6 Å². The Bertz CT molecular complexity index is 853. The summed E-state index contributed by atoms with van der Waals surface area (Å²) in [5.74, 6) is 1.67. The first-order valence-electron chi connectivity index (χ1n) is 9.08. The number of ether oxygens (including phenoxy) is 1. The van der Waals surface area contributed by atoms with Crippen LogP contribution in [0.5, 0.6) is 0 Å². The van der Waals surface area contributed by atoms with Crippen molar-refractivity contribution in [2.75, 3.05) is 26.3 Å². The van der Waals surface area contributed by atoms with E-state index in [-0.39, 0.29) is 0 Å². The van der Waals surface area contributed by atoms with E-state index in [4.69, 9.17) is 4.74 Å². The van der Waals surface area contributed by atoms with Crippen LogP contribution in [0.1, 0.15) is 18.3 Å². The van der Waals surface area contributed by atoms with E-state index >= 15 is 0 Å². The molecular weight excluding hydrogens is 326 g/mol. The van der Waals surface area contributed by atoms with Gasteiger partial charge in [-0.25, -0.2) is 15.0 Å². The van der Waals surface area contributed by atoms with Crippen LogP contribution >= 0.6 is 0 Å². The highest BCUT2D eigenvalue weighted by Crippen LogP contribution is 2.20. The van der Waals surface area contributed by atoms with Gasteiger partial charge in [0.2, 0.25) is 0 Å². The quantitative estimate of drug-likeness (QED) is 0.709. The summed E-state index contributed by atoms with van der Waals surface area (Å²) in [5.41, 5.74) is 3.24. The van der Waals surface area contributed by atoms with Gasteiger partial charge in [0, 0.05) is 50.3 Å². The van der Waals surface area contributed by atoms with Crippen molar-refractivity contribution in [3.8, 4) is 17.2 Å². The lowest BCUT2D eigenvalue weighted by molar-refractivity contribution is 0.0342. The Balaban J connectivity index is 1.55. The van der Waals surface area contributed by atoms with E-state index in [1.807, 2.05) is 18.5 Å². The predicted octanol–water partition coefficient (Wildman–Crippen LogP) is 2.72. The lowest BCUT2D eigenvalue weighted by Gasteiger charge is -2.26. The molecule has 6 heteroatoms. The highest BCUT2D eigenvalue weighted by Gasteiger charge is 2.12. The van der Waals surface area contributed by atoms with Gasteiger partial charge in [-0.3, -0.25) is 9.47 Å². The summed E-state index contributed by atoms with van der Waals surface area (Å²) in [4.78, 5) is 15.8.